The molecule has 0 amide bonds. The van der Waals surface area contributed by atoms with Crippen LogP contribution in [0.4, 0.5) is 0 Å². The Labute approximate surface area is 111 Å². The highest BCUT2D eigenvalue weighted by atomic mass is 79.9. The lowest BCUT2D eigenvalue weighted by atomic mass is 10.2. The molecular weight excluding hydrogens is 302 g/mol. The number of benzene rings is 1. The second kappa shape index (κ2) is 4.71. The Morgan fingerprint density at radius 2 is 1.88 bits per heavy atom. The number of halogens is 1. The van der Waals surface area contributed by atoms with Gasteiger partial charge in [0.25, 0.3) is 0 Å². The van der Waals surface area contributed by atoms with Crippen LogP contribution in [0.3, 0.4) is 0 Å². The van der Waals surface area contributed by atoms with Crippen LogP contribution in [0.15, 0.2) is 29.2 Å². The molecule has 1 saturated carbocycles. The number of hydrogen-bond donors (Lipinski definition) is 1. The van der Waals surface area contributed by atoms with Gasteiger partial charge >= 0.3 is 0 Å². The Hall–Kier alpha value is -0.390. The molecule has 0 saturated heterocycles. The van der Waals surface area contributed by atoms with Gasteiger partial charge in [-0.3, -0.25) is 0 Å². The molecule has 1 aromatic carbocycles. The van der Waals surface area contributed by atoms with Gasteiger partial charge in [0, 0.05) is 11.9 Å². The third-order valence-electron chi connectivity index (χ3n) is 3.18. The van der Waals surface area contributed by atoms with Crippen molar-refractivity contribution >= 4 is 26.0 Å². The lowest BCUT2D eigenvalue weighted by Gasteiger charge is -2.11. The Kier molecular flexibility index (Phi) is 3.61. The van der Waals surface area contributed by atoms with E-state index in [1.807, 2.05) is 12.1 Å². The van der Waals surface area contributed by atoms with Crippen molar-refractivity contribution in [2.75, 3.05) is 6.54 Å². The van der Waals surface area contributed by atoms with Crippen molar-refractivity contribution in [1.82, 2.24) is 4.72 Å². The molecule has 17 heavy (non-hydrogen) atoms. The average Bonchev–Trinajstić information content (AvgIpc) is 3.06. The van der Waals surface area contributed by atoms with Gasteiger partial charge < -0.3 is 0 Å². The molecule has 0 atom stereocenters. The molecule has 0 unspecified atom stereocenters. The van der Waals surface area contributed by atoms with Gasteiger partial charge in [-0.2, -0.15) is 0 Å². The van der Waals surface area contributed by atoms with E-state index >= 15 is 0 Å². The lowest BCUT2D eigenvalue weighted by Crippen LogP contribution is -2.29. The summed E-state index contributed by atoms with van der Waals surface area (Å²) in [6, 6.07) is 6.94. The molecule has 0 heterocycles. The standard InChI is InChI=1S/C12H16BrNO2S/c1-12(6-7-12)9-14-17(15,16)11-4-2-10(8-13)3-5-11/h2-5,14H,6-9H2,1H3. The summed E-state index contributed by atoms with van der Waals surface area (Å²) in [6.07, 6.45) is 2.22. The summed E-state index contributed by atoms with van der Waals surface area (Å²) in [5.41, 5.74) is 1.25. The van der Waals surface area contributed by atoms with Crippen LogP contribution in [0.1, 0.15) is 25.3 Å². The van der Waals surface area contributed by atoms with Crippen molar-refractivity contribution in [2.45, 2.75) is 30.0 Å². The Balaban J connectivity index is 2.07. The SMILES string of the molecule is CC1(CNS(=O)(=O)c2ccc(CBr)cc2)CC1. The number of rotatable bonds is 5. The fraction of sp³-hybridized carbons (Fsp3) is 0.500. The van der Waals surface area contributed by atoms with Crippen molar-refractivity contribution in [3.63, 3.8) is 0 Å². The van der Waals surface area contributed by atoms with E-state index in [0.29, 0.717) is 11.4 Å². The van der Waals surface area contributed by atoms with Gasteiger partial charge in [-0.05, 0) is 36.0 Å². The minimum absolute atomic E-state index is 0.183. The normalized spacial score (nSPS) is 18.0. The topological polar surface area (TPSA) is 46.2 Å². The number of sulfonamides is 1. The zero-order chi connectivity index (χ0) is 12.5. The smallest absolute Gasteiger partial charge is 0.211 e. The van der Waals surface area contributed by atoms with Crippen LogP contribution in [0.5, 0.6) is 0 Å². The third-order valence-corrected chi connectivity index (χ3v) is 5.25. The molecule has 1 aliphatic carbocycles. The van der Waals surface area contributed by atoms with Crippen LogP contribution in [-0.4, -0.2) is 15.0 Å². The van der Waals surface area contributed by atoms with E-state index in [4.69, 9.17) is 0 Å². The predicted molar refractivity (Wildman–Crippen MR) is 71.6 cm³/mol. The molecule has 0 aliphatic heterocycles. The zero-order valence-corrected chi connectivity index (χ0v) is 12.1. The Bertz CT molecular complexity index is 492. The predicted octanol–water partition coefficient (Wildman–Crippen LogP) is 2.66. The van der Waals surface area contributed by atoms with Crippen LogP contribution in [-0.2, 0) is 15.4 Å². The second-order valence-electron chi connectivity index (χ2n) is 4.91. The van der Waals surface area contributed by atoms with Crippen molar-refractivity contribution < 1.29 is 8.42 Å². The van der Waals surface area contributed by atoms with Gasteiger partial charge in [-0.25, -0.2) is 13.1 Å². The lowest BCUT2D eigenvalue weighted by molar-refractivity contribution is 0.530. The van der Waals surface area contributed by atoms with Gasteiger partial charge in [0.05, 0.1) is 4.90 Å². The van der Waals surface area contributed by atoms with Gasteiger partial charge in [0.1, 0.15) is 0 Å². The molecule has 94 valence electrons. The first-order valence-corrected chi connectivity index (χ1v) is 8.20. The summed E-state index contributed by atoms with van der Waals surface area (Å²) in [5.74, 6) is 0. The van der Waals surface area contributed by atoms with Gasteiger partial charge in [0.15, 0.2) is 0 Å². The first-order valence-electron chi connectivity index (χ1n) is 5.60. The highest BCUT2D eigenvalue weighted by Gasteiger charge is 2.38. The summed E-state index contributed by atoms with van der Waals surface area (Å²) in [4.78, 5) is 0.339. The largest absolute Gasteiger partial charge is 0.240 e. The average molecular weight is 318 g/mol. The molecule has 2 rings (SSSR count). The van der Waals surface area contributed by atoms with Crippen LogP contribution in [0, 0.1) is 5.41 Å². The van der Waals surface area contributed by atoms with E-state index < -0.39 is 10.0 Å². The summed E-state index contributed by atoms with van der Waals surface area (Å²) < 4.78 is 26.6. The molecule has 0 radical (unpaired) electrons. The van der Waals surface area contributed by atoms with E-state index in [2.05, 4.69) is 27.6 Å². The minimum Gasteiger partial charge on any atom is -0.211 e. The fourth-order valence-electron chi connectivity index (χ4n) is 1.50. The minimum atomic E-state index is -3.34. The maximum atomic E-state index is 12.0. The maximum Gasteiger partial charge on any atom is 0.240 e. The van der Waals surface area contributed by atoms with E-state index in [0.717, 1.165) is 23.7 Å². The number of hydrogen-bond acceptors (Lipinski definition) is 2. The zero-order valence-electron chi connectivity index (χ0n) is 9.74. The van der Waals surface area contributed by atoms with E-state index in [1.54, 1.807) is 12.1 Å². The third kappa shape index (κ3) is 3.30. The van der Waals surface area contributed by atoms with Crippen molar-refractivity contribution in [2.24, 2.45) is 5.41 Å². The van der Waals surface area contributed by atoms with Crippen LogP contribution in [0.2, 0.25) is 0 Å². The summed E-state index contributed by atoms with van der Waals surface area (Å²) in [7, 11) is -3.34. The van der Waals surface area contributed by atoms with E-state index in [-0.39, 0.29) is 5.41 Å². The molecule has 0 bridgehead atoms. The van der Waals surface area contributed by atoms with E-state index in [1.165, 1.54) is 0 Å². The Morgan fingerprint density at radius 3 is 2.35 bits per heavy atom. The molecular formula is C12H16BrNO2S. The van der Waals surface area contributed by atoms with Crippen molar-refractivity contribution in [3.8, 4) is 0 Å². The fourth-order valence-corrected chi connectivity index (χ4v) is 3.07. The monoisotopic (exact) mass is 317 g/mol. The molecule has 3 nitrogen and oxygen atoms in total. The molecule has 0 aromatic heterocycles. The van der Waals surface area contributed by atoms with Crippen molar-refractivity contribution in [1.29, 1.82) is 0 Å². The summed E-state index contributed by atoms with van der Waals surface area (Å²) >= 11 is 3.33. The van der Waals surface area contributed by atoms with Gasteiger partial charge in [-0.15, -0.1) is 0 Å². The summed E-state index contributed by atoms with van der Waals surface area (Å²) in [6.45, 7) is 2.64. The second-order valence-corrected chi connectivity index (χ2v) is 7.24. The molecule has 1 aliphatic rings. The highest BCUT2D eigenvalue weighted by molar-refractivity contribution is 9.08. The molecule has 5 heteroatoms. The molecule has 1 aromatic rings. The number of nitrogens with one attached hydrogen (secondary N) is 1. The first kappa shape index (κ1) is 13.1. The van der Waals surface area contributed by atoms with E-state index in [9.17, 15) is 8.42 Å². The molecule has 1 fully saturated rings. The van der Waals surface area contributed by atoms with Crippen LogP contribution in [0.25, 0.3) is 0 Å². The highest BCUT2D eigenvalue weighted by Crippen LogP contribution is 2.44. The van der Waals surface area contributed by atoms with Gasteiger partial charge in [0.2, 0.25) is 10.0 Å². The van der Waals surface area contributed by atoms with Crippen LogP contribution >= 0.6 is 15.9 Å². The molecule has 0 spiro atoms. The molecule has 1 N–H and O–H groups in total. The number of alkyl halides is 1. The Morgan fingerprint density at radius 1 is 1.29 bits per heavy atom. The maximum absolute atomic E-state index is 12.0. The van der Waals surface area contributed by atoms with Gasteiger partial charge in [-0.1, -0.05) is 35.0 Å². The quantitative estimate of drug-likeness (QED) is 0.849. The first-order chi connectivity index (χ1) is 7.95. The van der Waals surface area contributed by atoms with Crippen molar-refractivity contribution in [3.05, 3.63) is 29.8 Å². The summed E-state index contributed by atoms with van der Waals surface area (Å²) in [5, 5.41) is 0.735. The van der Waals surface area contributed by atoms with Crippen LogP contribution < -0.4 is 4.72 Å².